The molecule has 0 saturated carbocycles. The lowest BCUT2D eigenvalue weighted by Crippen LogP contribution is -2.27. The summed E-state index contributed by atoms with van der Waals surface area (Å²) in [5, 5.41) is 0. The summed E-state index contributed by atoms with van der Waals surface area (Å²) >= 11 is 0. The van der Waals surface area contributed by atoms with Crippen LogP contribution in [0.5, 0.6) is 5.75 Å². The summed E-state index contributed by atoms with van der Waals surface area (Å²) in [4.78, 5) is 20.5. The van der Waals surface area contributed by atoms with Crippen LogP contribution in [0.4, 0.5) is 0 Å². The van der Waals surface area contributed by atoms with Crippen molar-refractivity contribution in [3.8, 4) is 16.9 Å². The van der Waals surface area contributed by atoms with Gasteiger partial charge in [0.25, 0.3) is 0 Å². The van der Waals surface area contributed by atoms with Gasteiger partial charge in [0.1, 0.15) is 5.75 Å². The highest BCUT2D eigenvalue weighted by Crippen LogP contribution is 2.45. The molecule has 0 aliphatic heterocycles. The Bertz CT molecular complexity index is 1010. The molecule has 0 bridgehead atoms. The van der Waals surface area contributed by atoms with Gasteiger partial charge in [-0.25, -0.2) is 4.79 Å². The Balaban J connectivity index is 1.30. The van der Waals surface area contributed by atoms with E-state index in [1.165, 1.54) is 29.4 Å². The standard InChI is InChI=1S/C26H28N2O4/c1-3-31-26(29)25(30-2)15-18-6-8-19(9-7-18)32-14-4-5-20-21-10-12-27-16-23(21)24-17-28-13-11-22(20)24/h6-13,16-17,20,25H,3-5,14-15H2,1-2H3. The van der Waals surface area contributed by atoms with Crippen LogP contribution in [0.1, 0.15) is 42.4 Å². The van der Waals surface area contributed by atoms with Crippen LogP contribution >= 0.6 is 0 Å². The minimum absolute atomic E-state index is 0.336. The number of rotatable bonds is 10. The molecule has 1 aliphatic rings. The predicted octanol–water partition coefficient (Wildman–Crippen LogP) is 4.57. The largest absolute Gasteiger partial charge is 0.494 e. The molecule has 6 nitrogen and oxygen atoms in total. The highest BCUT2D eigenvalue weighted by atomic mass is 16.6. The Morgan fingerprint density at radius 2 is 1.66 bits per heavy atom. The van der Waals surface area contributed by atoms with Crippen molar-refractivity contribution in [3.63, 3.8) is 0 Å². The third-order valence-corrected chi connectivity index (χ3v) is 5.83. The number of pyridine rings is 2. The van der Waals surface area contributed by atoms with Gasteiger partial charge in [-0.2, -0.15) is 0 Å². The molecule has 6 heteroatoms. The molecule has 32 heavy (non-hydrogen) atoms. The van der Waals surface area contributed by atoms with E-state index in [-0.39, 0.29) is 5.97 Å². The van der Waals surface area contributed by atoms with Crippen LogP contribution in [-0.4, -0.2) is 42.4 Å². The molecule has 0 saturated heterocycles. The van der Waals surface area contributed by atoms with Crippen molar-refractivity contribution in [1.82, 2.24) is 9.97 Å². The number of carbonyl (C=O) groups is 1. The summed E-state index contributed by atoms with van der Waals surface area (Å²) in [7, 11) is 1.52. The summed E-state index contributed by atoms with van der Waals surface area (Å²) in [6.45, 7) is 2.77. The third-order valence-electron chi connectivity index (χ3n) is 5.83. The minimum Gasteiger partial charge on any atom is -0.494 e. The molecule has 166 valence electrons. The molecule has 0 N–H and O–H groups in total. The monoisotopic (exact) mass is 432 g/mol. The van der Waals surface area contributed by atoms with E-state index in [9.17, 15) is 4.79 Å². The maximum absolute atomic E-state index is 11.9. The summed E-state index contributed by atoms with van der Waals surface area (Å²) in [6.07, 6.45) is 9.40. The molecular formula is C26H28N2O4. The molecule has 0 amide bonds. The van der Waals surface area contributed by atoms with E-state index in [1.54, 1.807) is 6.92 Å². The zero-order chi connectivity index (χ0) is 22.3. The van der Waals surface area contributed by atoms with E-state index in [2.05, 4.69) is 22.1 Å². The second-order valence-corrected chi connectivity index (χ2v) is 7.79. The van der Waals surface area contributed by atoms with E-state index in [0.717, 1.165) is 24.2 Å². The SMILES string of the molecule is CCOC(=O)C(Cc1ccc(OCCCC2c3ccncc3-c3cnccc32)cc1)OC. The second kappa shape index (κ2) is 10.4. The number of aromatic nitrogens is 2. The van der Waals surface area contributed by atoms with Crippen molar-refractivity contribution in [1.29, 1.82) is 0 Å². The smallest absolute Gasteiger partial charge is 0.335 e. The zero-order valence-electron chi connectivity index (χ0n) is 18.5. The van der Waals surface area contributed by atoms with E-state index >= 15 is 0 Å². The highest BCUT2D eigenvalue weighted by Gasteiger charge is 2.28. The van der Waals surface area contributed by atoms with Gasteiger partial charge in [0, 0.05) is 55.4 Å². The van der Waals surface area contributed by atoms with Gasteiger partial charge in [0.2, 0.25) is 0 Å². The quantitative estimate of drug-likeness (QED) is 0.345. The van der Waals surface area contributed by atoms with Crippen LogP contribution in [0.3, 0.4) is 0 Å². The van der Waals surface area contributed by atoms with E-state index in [0.29, 0.717) is 25.6 Å². The third kappa shape index (κ3) is 4.81. The molecular weight excluding hydrogens is 404 g/mol. The van der Waals surface area contributed by atoms with E-state index in [4.69, 9.17) is 14.2 Å². The lowest BCUT2D eigenvalue weighted by molar-refractivity contribution is -0.154. The fraction of sp³-hybridized carbons (Fsp3) is 0.346. The molecule has 1 aromatic carbocycles. The number of benzene rings is 1. The van der Waals surface area contributed by atoms with Crippen LogP contribution in [0.15, 0.2) is 61.2 Å². The summed E-state index contributed by atoms with van der Waals surface area (Å²) < 4.78 is 16.3. The molecule has 1 aliphatic carbocycles. The molecule has 0 fully saturated rings. The average molecular weight is 433 g/mol. The van der Waals surface area contributed by atoms with Crippen molar-refractivity contribution < 1.29 is 19.0 Å². The number of carbonyl (C=O) groups excluding carboxylic acids is 1. The molecule has 2 aromatic heterocycles. The predicted molar refractivity (Wildman–Crippen MR) is 122 cm³/mol. The number of fused-ring (bicyclic) bond motifs is 3. The molecule has 2 heterocycles. The van der Waals surface area contributed by atoms with Gasteiger partial charge < -0.3 is 14.2 Å². The van der Waals surface area contributed by atoms with Gasteiger partial charge in [-0.05, 0) is 60.7 Å². The first kappa shape index (κ1) is 22.0. The average Bonchev–Trinajstić information content (AvgIpc) is 3.15. The van der Waals surface area contributed by atoms with Gasteiger partial charge in [-0.3, -0.25) is 9.97 Å². The van der Waals surface area contributed by atoms with Crippen molar-refractivity contribution >= 4 is 5.97 Å². The lowest BCUT2D eigenvalue weighted by atomic mass is 9.93. The number of hydrogen-bond acceptors (Lipinski definition) is 6. The summed E-state index contributed by atoms with van der Waals surface area (Å²) in [5.74, 6) is 0.835. The number of methoxy groups -OCH3 is 1. The van der Waals surface area contributed by atoms with Gasteiger partial charge in [0.05, 0.1) is 13.2 Å². The fourth-order valence-electron chi connectivity index (χ4n) is 4.26. The number of ether oxygens (including phenoxy) is 3. The molecule has 0 spiro atoms. The first-order valence-electron chi connectivity index (χ1n) is 11.0. The summed E-state index contributed by atoms with van der Waals surface area (Å²) in [5.41, 5.74) is 6.02. The van der Waals surface area contributed by atoms with Crippen LogP contribution < -0.4 is 4.74 Å². The first-order valence-corrected chi connectivity index (χ1v) is 11.0. The van der Waals surface area contributed by atoms with Gasteiger partial charge >= 0.3 is 5.97 Å². The molecule has 1 atom stereocenters. The van der Waals surface area contributed by atoms with Gasteiger partial charge in [-0.15, -0.1) is 0 Å². The molecule has 3 aromatic rings. The number of nitrogens with zero attached hydrogens (tertiary/aromatic N) is 2. The molecule has 0 radical (unpaired) electrons. The van der Waals surface area contributed by atoms with Crippen molar-refractivity contribution in [3.05, 3.63) is 77.9 Å². The van der Waals surface area contributed by atoms with Crippen molar-refractivity contribution in [2.45, 2.75) is 38.2 Å². The Kier molecular flexibility index (Phi) is 7.12. The number of hydrogen-bond donors (Lipinski definition) is 0. The maximum Gasteiger partial charge on any atom is 0.335 e. The normalized spacial score (nSPS) is 13.3. The fourth-order valence-corrected chi connectivity index (χ4v) is 4.26. The van der Waals surface area contributed by atoms with Crippen LogP contribution in [-0.2, 0) is 20.7 Å². The Morgan fingerprint density at radius 1 is 1.00 bits per heavy atom. The van der Waals surface area contributed by atoms with Crippen molar-refractivity contribution in [2.24, 2.45) is 0 Å². The first-order chi connectivity index (χ1) is 15.7. The van der Waals surface area contributed by atoms with Crippen LogP contribution in [0, 0.1) is 0 Å². The van der Waals surface area contributed by atoms with Crippen LogP contribution in [0.25, 0.3) is 11.1 Å². The Labute approximate surface area is 188 Å². The Morgan fingerprint density at radius 3 is 2.25 bits per heavy atom. The van der Waals surface area contributed by atoms with E-state index in [1.807, 2.05) is 49.1 Å². The van der Waals surface area contributed by atoms with Gasteiger partial charge in [-0.1, -0.05) is 12.1 Å². The topological polar surface area (TPSA) is 70.5 Å². The summed E-state index contributed by atoms with van der Waals surface area (Å²) in [6, 6.07) is 12.0. The maximum atomic E-state index is 11.9. The second-order valence-electron chi connectivity index (χ2n) is 7.79. The van der Waals surface area contributed by atoms with E-state index < -0.39 is 6.10 Å². The van der Waals surface area contributed by atoms with Crippen LogP contribution in [0.2, 0.25) is 0 Å². The van der Waals surface area contributed by atoms with Gasteiger partial charge in [0.15, 0.2) is 6.10 Å². The zero-order valence-corrected chi connectivity index (χ0v) is 18.5. The highest BCUT2D eigenvalue weighted by molar-refractivity contribution is 5.77. The molecule has 1 unspecified atom stereocenters. The number of esters is 1. The lowest BCUT2D eigenvalue weighted by Gasteiger charge is -2.15. The molecule has 4 rings (SSSR count). The Hall–Kier alpha value is -3.25. The minimum atomic E-state index is -0.593. The van der Waals surface area contributed by atoms with Crippen molar-refractivity contribution in [2.75, 3.05) is 20.3 Å².